The summed E-state index contributed by atoms with van der Waals surface area (Å²) in [7, 11) is 1.86. The molecule has 62 valence electrons. The number of aryl methyl sites for hydroxylation is 1. The third-order valence-corrected chi connectivity index (χ3v) is 2.35. The molecule has 0 aliphatic rings. The number of thiazole rings is 1. The highest BCUT2D eigenvalue weighted by molar-refractivity contribution is 7.09. The van der Waals surface area contributed by atoms with Gasteiger partial charge in [-0.25, -0.2) is 9.99 Å². The highest BCUT2D eigenvalue weighted by atomic mass is 32.1. The van der Waals surface area contributed by atoms with Gasteiger partial charge in [0, 0.05) is 24.9 Å². The summed E-state index contributed by atoms with van der Waals surface area (Å²) in [6, 6.07) is 0. The molecule has 4 heteroatoms. The van der Waals surface area contributed by atoms with E-state index in [1.165, 1.54) is 10.6 Å². The Bertz CT molecular complexity index is 219. The van der Waals surface area contributed by atoms with Crippen LogP contribution < -0.4 is 5.84 Å². The quantitative estimate of drug-likeness (QED) is 0.540. The first kappa shape index (κ1) is 8.64. The van der Waals surface area contributed by atoms with Crippen molar-refractivity contribution in [1.29, 1.82) is 0 Å². The van der Waals surface area contributed by atoms with Crippen LogP contribution in [0, 0.1) is 6.92 Å². The van der Waals surface area contributed by atoms with Crippen molar-refractivity contribution >= 4 is 11.3 Å². The summed E-state index contributed by atoms with van der Waals surface area (Å²) in [6.07, 6.45) is 0.947. The van der Waals surface area contributed by atoms with Gasteiger partial charge in [0.05, 0.1) is 11.2 Å². The fourth-order valence-corrected chi connectivity index (χ4v) is 1.48. The molecule has 0 fully saturated rings. The maximum atomic E-state index is 5.47. The third-order valence-electron chi connectivity index (χ3n) is 1.55. The Kier molecular flexibility index (Phi) is 2.99. The van der Waals surface area contributed by atoms with Crippen LogP contribution >= 0.6 is 11.3 Å². The first-order valence-electron chi connectivity index (χ1n) is 3.55. The van der Waals surface area contributed by atoms with Crippen molar-refractivity contribution in [3.05, 3.63) is 16.1 Å². The van der Waals surface area contributed by atoms with Gasteiger partial charge in [-0.15, -0.1) is 11.3 Å². The molecule has 1 rings (SSSR count). The normalized spacial score (nSPS) is 10.9. The average molecular weight is 171 g/mol. The summed E-state index contributed by atoms with van der Waals surface area (Å²) in [4.78, 5) is 5.52. The van der Waals surface area contributed by atoms with Gasteiger partial charge in [0.25, 0.3) is 0 Å². The molecule has 0 radical (unpaired) electrons. The van der Waals surface area contributed by atoms with Crippen LogP contribution in [0.25, 0.3) is 0 Å². The van der Waals surface area contributed by atoms with Crippen LogP contribution in [0.5, 0.6) is 0 Å². The lowest BCUT2D eigenvalue weighted by atomic mass is 10.3. The molecule has 0 bridgehead atoms. The molecule has 0 saturated heterocycles. The molecule has 0 saturated carbocycles. The van der Waals surface area contributed by atoms with Gasteiger partial charge >= 0.3 is 0 Å². The van der Waals surface area contributed by atoms with E-state index in [1.54, 1.807) is 16.3 Å². The van der Waals surface area contributed by atoms with Crippen molar-refractivity contribution in [3.8, 4) is 0 Å². The van der Waals surface area contributed by atoms with Crippen molar-refractivity contribution in [2.24, 2.45) is 5.84 Å². The topological polar surface area (TPSA) is 42.2 Å². The maximum Gasteiger partial charge on any atom is 0.0797 e. The first-order chi connectivity index (χ1) is 5.20. The van der Waals surface area contributed by atoms with E-state index in [4.69, 9.17) is 5.84 Å². The molecule has 0 amide bonds. The molecule has 0 aliphatic carbocycles. The van der Waals surface area contributed by atoms with E-state index in [1.807, 2.05) is 12.6 Å². The van der Waals surface area contributed by atoms with Crippen molar-refractivity contribution in [2.75, 3.05) is 13.6 Å². The zero-order valence-electron chi connectivity index (χ0n) is 6.87. The smallest absolute Gasteiger partial charge is 0.0797 e. The largest absolute Gasteiger partial charge is 0.269 e. The van der Waals surface area contributed by atoms with E-state index in [0.29, 0.717) is 0 Å². The monoisotopic (exact) mass is 171 g/mol. The summed E-state index contributed by atoms with van der Waals surface area (Å²) >= 11 is 1.69. The van der Waals surface area contributed by atoms with Crippen molar-refractivity contribution in [3.63, 3.8) is 0 Å². The predicted octanol–water partition coefficient (Wildman–Crippen LogP) is 0.800. The third kappa shape index (κ3) is 2.57. The number of likely N-dealkylation sites (N-methyl/N-ethyl adjacent to an activating group) is 1. The van der Waals surface area contributed by atoms with Crippen LogP contribution in [0.15, 0.2) is 5.51 Å². The zero-order valence-corrected chi connectivity index (χ0v) is 7.69. The minimum absolute atomic E-state index is 0.866. The number of hydrogen-bond donors (Lipinski definition) is 1. The average Bonchev–Trinajstić information content (AvgIpc) is 2.31. The van der Waals surface area contributed by atoms with Crippen LogP contribution in [0.4, 0.5) is 0 Å². The summed E-state index contributed by atoms with van der Waals surface area (Å²) < 4.78 is 0. The Hall–Kier alpha value is -0.450. The van der Waals surface area contributed by atoms with E-state index in [0.717, 1.165) is 13.0 Å². The van der Waals surface area contributed by atoms with E-state index < -0.39 is 0 Å². The summed E-state index contributed by atoms with van der Waals surface area (Å²) in [6.45, 7) is 2.95. The molecule has 0 aliphatic heterocycles. The van der Waals surface area contributed by atoms with Gasteiger partial charge in [-0.2, -0.15) is 0 Å². The van der Waals surface area contributed by atoms with Crippen LogP contribution in [0.3, 0.4) is 0 Å². The highest BCUT2D eigenvalue weighted by Gasteiger charge is 2.00. The molecule has 2 N–H and O–H groups in total. The molecular formula is C7H13N3S. The molecule has 1 aromatic rings. The fourth-order valence-electron chi connectivity index (χ4n) is 0.851. The summed E-state index contributed by atoms with van der Waals surface area (Å²) in [5.41, 5.74) is 3.05. The van der Waals surface area contributed by atoms with Crippen molar-refractivity contribution in [2.45, 2.75) is 13.3 Å². The molecule has 0 unspecified atom stereocenters. The lowest BCUT2D eigenvalue weighted by Crippen LogP contribution is -2.28. The van der Waals surface area contributed by atoms with Gasteiger partial charge < -0.3 is 0 Å². The second-order valence-electron chi connectivity index (χ2n) is 2.59. The number of rotatable bonds is 3. The molecule has 3 nitrogen and oxygen atoms in total. The van der Waals surface area contributed by atoms with E-state index >= 15 is 0 Å². The lowest BCUT2D eigenvalue weighted by Gasteiger charge is -2.07. The molecule has 0 atom stereocenters. The summed E-state index contributed by atoms with van der Waals surface area (Å²) in [5, 5.41) is 1.68. The Labute approximate surface area is 70.8 Å². The first-order valence-corrected chi connectivity index (χ1v) is 4.43. The van der Waals surface area contributed by atoms with Gasteiger partial charge in [0.15, 0.2) is 0 Å². The molecule has 1 aromatic heterocycles. The highest BCUT2D eigenvalue weighted by Crippen LogP contribution is 2.11. The molecular weight excluding hydrogens is 158 g/mol. The van der Waals surface area contributed by atoms with Gasteiger partial charge in [0.1, 0.15) is 0 Å². The van der Waals surface area contributed by atoms with Crippen molar-refractivity contribution in [1.82, 2.24) is 9.99 Å². The zero-order chi connectivity index (χ0) is 8.27. The van der Waals surface area contributed by atoms with Gasteiger partial charge in [-0.3, -0.25) is 5.84 Å². The molecule has 0 aromatic carbocycles. The van der Waals surface area contributed by atoms with Crippen LogP contribution in [0.1, 0.15) is 10.6 Å². The van der Waals surface area contributed by atoms with Crippen LogP contribution in [0.2, 0.25) is 0 Å². The molecule has 0 spiro atoms. The number of nitrogens with two attached hydrogens (primary N) is 1. The Morgan fingerprint density at radius 1 is 1.73 bits per heavy atom. The number of nitrogens with zero attached hydrogens (tertiary/aromatic N) is 2. The minimum Gasteiger partial charge on any atom is -0.269 e. The fraction of sp³-hybridized carbons (Fsp3) is 0.571. The number of aromatic nitrogens is 1. The van der Waals surface area contributed by atoms with Crippen LogP contribution in [-0.2, 0) is 6.42 Å². The van der Waals surface area contributed by atoms with Crippen LogP contribution in [-0.4, -0.2) is 23.6 Å². The standard InChI is InChI=1S/C7H13N3S/c1-6-7(9-5-11-6)3-4-10(2)8/h5H,3-4,8H2,1-2H3. The van der Waals surface area contributed by atoms with Gasteiger partial charge in [-0.05, 0) is 6.92 Å². The van der Waals surface area contributed by atoms with Gasteiger partial charge in [-0.1, -0.05) is 0 Å². The minimum atomic E-state index is 0.866. The Balaban J connectivity index is 2.44. The second kappa shape index (κ2) is 3.80. The number of hydrogen-bond acceptors (Lipinski definition) is 4. The maximum absolute atomic E-state index is 5.47. The van der Waals surface area contributed by atoms with E-state index in [9.17, 15) is 0 Å². The van der Waals surface area contributed by atoms with Gasteiger partial charge in [0.2, 0.25) is 0 Å². The second-order valence-corrected chi connectivity index (χ2v) is 3.64. The number of hydrazine groups is 1. The Morgan fingerprint density at radius 2 is 2.45 bits per heavy atom. The van der Waals surface area contributed by atoms with E-state index in [2.05, 4.69) is 11.9 Å². The predicted molar refractivity (Wildman–Crippen MR) is 47.4 cm³/mol. The van der Waals surface area contributed by atoms with E-state index in [-0.39, 0.29) is 0 Å². The molecule has 11 heavy (non-hydrogen) atoms. The molecule has 1 heterocycles. The summed E-state index contributed by atoms with van der Waals surface area (Å²) in [5.74, 6) is 5.47. The lowest BCUT2D eigenvalue weighted by molar-refractivity contribution is 0.352. The SMILES string of the molecule is Cc1scnc1CCN(C)N. The Morgan fingerprint density at radius 3 is 2.91 bits per heavy atom. The van der Waals surface area contributed by atoms with Crippen molar-refractivity contribution < 1.29 is 0 Å².